The fourth-order valence-electron chi connectivity index (χ4n) is 6.92. The van der Waals surface area contributed by atoms with E-state index in [0.717, 1.165) is 56.3 Å². The zero-order valence-electron chi connectivity index (χ0n) is 24.2. The number of benzene rings is 4. The van der Waals surface area contributed by atoms with Gasteiger partial charge in [-0.25, -0.2) is 8.96 Å². The van der Waals surface area contributed by atoms with Gasteiger partial charge in [0, 0.05) is 28.3 Å². The summed E-state index contributed by atoms with van der Waals surface area (Å²) in [4.78, 5) is 0. The van der Waals surface area contributed by atoms with E-state index in [-0.39, 0.29) is 16.6 Å². The predicted octanol–water partition coefficient (Wildman–Crippen LogP) is 9.69. The van der Waals surface area contributed by atoms with Crippen LogP contribution in [0.3, 0.4) is 0 Å². The standard InChI is InChI=1S/C37H35FNO/c1-22-7-14-27-28-15-10-24-11-16-29-33(37(4,5)19-18-36(29,2)3)32(24)35(28)40-34(27)31(22)30-21-25(17-20-39(30)6)23-8-12-26(38)13-9-23/h7-17,20-21H,18-19H2,1-6H3/q+1. The van der Waals surface area contributed by atoms with Gasteiger partial charge >= 0.3 is 0 Å². The first-order valence-corrected chi connectivity index (χ1v) is 14.2. The van der Waals surface area contributed by atoms with Gasteiger partial charge in [-0.2, -0.15) is 0 Å². The summed E-state index contributed by atoms with van der Waals surface area (Å²) in [6.45, 7) is 11.7. The van der Waals surface area contributed by atoms with Crippen LogP contribution < -0.4 is 4.57 Å². The van der Waals surface area contributed by atoms with Gasteiger partial charge in [0.15, 0.2) is 6.20 Å². The minimum atomic E-state index is -0.227. The van der Waals surface area contributed by atoms with Gasteiger partial charge in [0.1, 0.15) is 24.0 Å². The number of nitrogens with zero attached hydrogens (tertiary/aromatic N) is 1. The summed E-state index contributed by atoms with van der Waals surface area (Å²) in [5.74, 6) is -0.227. The Morgan fingerprint density at radius 1 is 0.750 bits per heavy atom. The Morgan fingerprint density at radius 3 is 2.20 bits per heavy atom. The normalized spacial score (nSPS) is 16.1. The summed E-state index contributed by atoms with van der Waals surface area (Å²) in [5, 5.41) is 4.79. The summed E-state index contributed by atoms with van der Waals surface area (Å²) in [6.07, 6.45) is 4.41. The van der Waals surface area contributed by atoms with Crippen molar-refractivity contribution in [2.24, 2.45) is 7.05 Å². The molecule has 0 unspecified atom stereocenters. The molecule has 7 rings (SSSR count). The van der Waals surface area contributed by atoms with E-state index in [1.54, 1.807) is 0 Å². The average molecular weight is 529 g/mol. The summed E-state index contributed by atoms with van der Waals surface area (Å²) in [7, 11) is 2.07. The largest absolute Gasteiger partial charge is 0.454 e. The first-order valence-electron chi connectivity index (χ1n) is 14.2. The molecular weight excluding hydrogens is 493 g/mol. The lowest BCUT2D eigenvalue weighted by molar-refractivity contribution is -0.660. The molecule has 0 radical (unpaired) electrons. The van der Waals surface area contributed by atoms with E-state index in [9.17, 15) is 4.39 Å². The Hall–Kier alpha value is -3.98. The monoisotopic (exact) mass is 528 g/mol. The minimum absolute atomic E-state index is 0.0618. The van der Waals surface area contributed by atoms with E-state index in [0.29, 0.717) is 0 Å². The summed E-state index contributed by atoms with van der Waals surface area (Å²) < 4.78 is 22.8. The van der Waals surface area contributed by atoms with E-state index in [2.05, 4.69) is 101 Å². The number of hydrogen-bond donors (Lipinski definition) is 0. The van der Waals surface area contributed by atoms with Crippen molar-refractivity contribution in [1.29, 1.82) is 0 Å². The van der Waals surface area contributed by atoms with Crippen LogP contribution in [0.5, 0.6) is 0 Å². The van der Waals surface area contributed by atoms with Crippen molar-refractivity contribution >= 4 is 32.7 Å². The van der Waals surface area contributed by atoms with E-state index >= 15 is 0 Å². The molecule has 0 bridgehead atoms. The zero-order chi connectivity index (χ0) is 28.0. The Balaban J connectivity index is 1.55. The predicted molar refractivity (Wildman–Crippen MR) is 163 cm³/mol. The van der Waals surface area contributed by atoms with Crippen LogP contribution in [0.1, 0.15) is 57.2 Å². The third kappa shape index (κ3) is 3.63. The van der Waals surface area contributed by atoms with Gasteiger partial charge in [-0.15, -0.1) is 0 Å². The third-order valence-corrected chi connectivity index (χ3v) is 9.36. The third-order valence-electron chi connectivity index (χ3n) is 9.36. The second-order valence-corrected chi connectivity index (χ2v) is 13.0. The van der Waals surface area contributed by atoms with Crippen molar-refractivity contribution in [2.45, 2.75) is 58.3 Å². The van der Waals surface area contributed by atoms with Crippen LogP contribution >= 0.6 is 0 Å². The summed E-state index contributed by atoms with van der Waals surface area (Å²) >= 11 is 0. The molecule has 0 amide bonds. The highest BCUT2D eigenvalue weighted by molar-refractivity contribution is 6.18. The fourth-order valence-corrected chi connectivity index (χ4v) is 6.92. The molecule has 0 spiro atoms. The molecule has 0 saturated heterocycles. The van der Waals surface area contributed by atoms with Crippen LogP contribution in [0.15, 0.2) is 83.4 Å². The molecule has 0 N–H and O–H groups in total. The molecule has 2 nitrogen and oxygen atoms in total. The number of hydrogen-bond acceptors (Lipinski definition) is 1. The maximum atomic E-state index is 13.6. The van der Waals surface area contributed by atoms with Gasteiger partial charge in [0.05, 0.1) is 5.56 Å². The SMILES string of the molecule is Cc1ccc2c(oc3c2ccc2ccc4c(c23)C(C)(C)CCC4(C)C)c1-c1cc(-c2ccc(F)cc2)cc[n+]1C. The molecule has 6 aromatic rings. The molecule has 2 aromatic heterocycles. The second kappa shape index (κ2) is 8.51. The Morgan fingerprint density at radius 2 is 1.43 bits per heavy atom. The number of furan rings is 1. The van der Waals surface area contributed by atoms with Gasteiger partial charge in [-0.3, -0.25) is 0 Å². The van der Waals surface area contributed by atoms with Crippen molar-refractivity contribution in [3.63, 3.8) is 0 Å². The number of fused-ring (bicyclic) bond motifs is 7. The highest BCUT2D eigenvalue weighted by Crippen LogP contribution is 2.51. The first-order chi connectivity index (χ1) is 19.0. The highest BCUT2D eigenvalue weighted by atomic mass is 19.1. The van der Waals surface area contributed by atoms with Crippen LogP contribution in [0.2, 0.25) is 0 Å². The molecule has 0 saturated carbocycles. The number of rotatable bonds is 2. The van der Waals surface area contributed by atoms with Gasteiger partial charge in [-0.1, -0.05) is 70.2 Å². The quantitative estimate of drug-likeness (QED) is 0.204. The van der Waals surface area contributed by atoms with Gasteiger partial charge in [-0.05, 0) is 82.0 Å². The lowest BCUT2D eigenvalue weighted by atomic mass is 9.62. The zero-order valence-corrected chi connectivity index (χ0v) is 24.2. The summed E-state index contributed by atoms with van der Waals surface area (Å²) in [6, 6.07) is 24.5. The van der Waals surface area contributed by atoms with Crippen LogP contribution in [0.4, 0.5) is 4.39 Å². The van der Waals surface area contributed by atoms with Crippen molar-refractivity contribution in [2.75, 3.05) is 0 Å². The topological polar surface area (TPSA) is 17.0 Å². The van der Waals surface area contributed by atoms with Gasteiger partial charge in [0.2, 0.25) is 5.69 Å². The smallest absolute Gasteiger partial charge is 0.216 e. The highest BCUT2D eigenvalue weighted by Gasteiger charge is 2.39. The second-order valence-electron chi connectivity index (χ2n) is 13.0. The fraction of sp³-hybridized carbons (Fsp3) is 0.270. The number of halogens is 1. The minimum Gasteiger partial charge on any atom is -0.454 e. The molecule has 200 valence electrons. The van der Waals surface area contributed by atoms with Crippen LogP contribution in [0.25, 0.3) is 55.1 Å². The van der Waals surface area contributed by atoms with Crippen molar-refractivity contribution in [3.05, 3.63) is 102 Å². The van der Waals surface area contributed by atoms with E-state index in [4.69, 9.17) is 4.42 Å². The Bertz CT molecular complexity index is 1970. The van der Waals surface area contributed by atoms with E-state index in [1.807, 2.05) is 12.1 Å². The maximum Gasteiger partial charge on any atom is 0.216 e. The molecule has 1 aliphatic rings. The lowest BCUT2D eigenvalue weighted by Crippen LogP contribution is -2.34. The average Bonchev–Trinajstić information content (AvgIpc) is 3.31. The number of aryl methyl sites for hydroxylation is 2. The molecule has 2 heterocycles. The lowest BCUT2D eigenvalue weighted by Gasteiger charge is -2.42. The van der Waals surface area contributed by atoms with Gasteiger partial charge in [0.25, 0.3) is 0 Å². The molecule has 0 fully saturated rings. The maximum absolute atomic E-state index is 13.6. The molecule has 40 heavy (non-hydrogen) atoms. The molecule has 1 aliphatic carbocycles. The van der Waals surface area contributed by atoms with Crippen LogP contribution in [-0.4, -0.2) is 0 Å². The Kier molecular flexibility index (Phi) is 5.32. The molecule has 0 aliphatic heterocycles. The molecule has 4 aromatic carbocycles. The van der Waals surface area contributed by atoms with Crippen molar-refractivity contribution in [1.82, 2.24) is 0 Å². The first kappa shape index (κ1) is 25.0. The van der Waals surface area contributed by atoms with Crippen molar-refractivity contribution < 1.29 is 13.4 Å². The molecule has 0 atom stereocenters. The molecule has 3 heteroatoms. The molecular formula is C37H35FNO+. The Labute approximate surface area is 235 Å². The van der Waals surface area contributed by atoms with Crippen molar-refractivity contribution in [3.8, 4) is 22.4 Å². The van der Waals surface area contributed by atoms with Gasteiger partial charge < -0.3 is 4.42 Å². The number of aromatic nitrogens is 1. The van der Waals surface area contributed by atoms with E-state index in [1.165, 1.54) is 40.5 Å². The van der Waals surface area contributed by atoms with E-state index < -0.39 is 0 Å². The summed E-state index contributed by atoms with van der Waals surface area (Å²) in [5.41, 5.74) is 10.3. The number of pyridine rings is 1. The van der Waals surface area contributed by atoms with Crippen LogP contribution in [0, 0.1) is 12.7 Å². The van der Waals surface area contributed by atoms with Crippen LogP contribution in [-0.2, 0) is 17.9 Å².